The zero-order valence-electron chi connectivity index (χ0n) is 16.9. The van der Waals surface area contributed by atoms with Crippen LogP contribution in [0, 0.1) is 29.4 Å². The van der Waals surface area contributed by atoms with Crippen molar-refractivity contribution in [3.8, 4) is 5.75 Å². The molecule has 0 aliphatic heterocycles. The van der Waals surface area contributed by atoms with Gasteiger partial charge in [0.1, 0.15) is 12.4 Å². The van der Waals surface area contributed by atoms with Crippen molar-refractivity contribution >= 4 is 10.8 Å². The molecule has 2 aliphatic rings. The Morgan fingerprint density at radius 3 is 2.64 bits per heavy atom. The summed E-state index contributed by atoms with van der Waals surface area (Å²) in [7, 11) is 0. The molecule has 1 nitrogen and oxygen atoms in total. The fourth-order valence-corrected chi connectivity index (χ4v) is 5.38. The van der Waals surface area contributed by atoms with Crippen molar-refractivity contribution in [1.29, 1.82) is 0 Å². The molecule has 0 spiro atoms. The molecule has 0 saturated heterocycles. The van der Waals surface area contributed by atoms with Crippen molar-refractivity contribution < 1.29 is 13.5 Å². The van der Waals surface area contributed by atoms with Crippen LogP contribution in [0.3, 0.4) is 0 Å². The van der Waals surface area contributed by atoms with Crippen LogP contribution in [0.15, 0.2) is 36.4 Å². The van der Waals surface area contributed by atoms with E-state index in [4.69, 9.17) is 4.74 Å². The topological polar surface area (TPSA) is 9.23 Å². The molecule has 0 N–H and O–H groups in total. The molecule has 4 unspecified atom stereocenters. The molecule has 28 heavy (non-hydrogen) atoms. The molecule has 4 rings (SSSR count). The predicted molar refractivity (Wildman–Crippen MR) is 111 cm³/mol. The smallest absolute Gasteiger partial charge is 0.175 e. The number of rotatable bonds is 4. The molecule has 2 aromatic rings. The minimum Gasteiger partial charge on any atom is -0.486 e. The SMILES string of the molecule is CC=CCOc1ccc2cc(C3CCC4CC(C)CCC4C3)cc(F)c2c1F. The zero-order chi connectivity index (χ0) is 19.7. The van der Waals surface area contributed by atoms with Gasteiger partial charge in [-0.05, 0) is 85.8 Å². The van der Waals surface area contributed by atoms with Gasteiger partial charge in [0.2, 0.25) is 0 Å². The van der Waals surface area contributed by atoms with Gasteiger partial charge in [0.05, 0.1) is 5.39 Å². The summed E-state index contributed by atoms with van der Waals surface area (Å²) in [6, 6.07) is 6.96. The van der Waals surface area contributed by atoms with E-state index in [9.17, 15) is 8.78 Å². The van der Waals surface area contributed by atoms with Gasteiger partial charge < -0.3 is 4.74 Å². The highest BCUT2D eigenvalue weighted by molar-refractivity contribution is 5.86. The van der Waals surface area contributed by atoms with Crippen molar-refractivity contribution in [2.45, 2.75) is 58.3 Å². The Balaban J connectivity index is 1.58. The quantitative estimate of drug-likeness (QED) is 0.499. The average molecular weight is 385 g/mol. The number of allylic oxidation sites excluding steroid dienone is 1. The van der Waals surface area contributed by atoms with Gasteiger partial charge in [0.25, 0.3) is 0 Å². The first kappa shape index (κ1) is 19.4. The summed E-state index contributed by atoms with van der Waals surface area (Å²) in [6.07, 6.45) is 11.1. The second-order valence-corrected chi connectivity index (χ2v) is 8.81. The predicted octanol–water partition coefficient (Wildman–Crippen LogP) is 7.39. The molecule has 3 heteroatoms. The summed E-state index contributed by atoms with van der Waals surface area (Å²) in [5.41, 5.74) is 1.03. The summed E-state index contributed by atoms with van der Waals surface area (Å²) in [5, 5.41) is 0.673. The van der Waals surface area contributed by atoms with Crippen LogP contribution in [0.1, 0.15) is 63.9 Å². The molecule has 2 aliphatic carbocycles. The van der Waals surface area contributed by atoms with Crippen LogP contribution < -0.4 is 4.74 Å². The molecule has 150 valence electrons. The summed E-state index contributed by atoms with van der Waals surface area (Å²) in [4.78, 5) is 0. The number of halogens is 2. The largest absolute Gasteiger partial charge is 0.486 e. The first-order valence-corrected chi connectivity index (χ1v) is 10.7. The van der Waals surface area contributed by atoms with E-state index in [1.807, 2.05) is 19.1 Å². The zero-order valence-corrected chi connectivity index (χ0v) is 16.9. The van der Waals surface area contributed by atoms with Crippen LogP contribution >= 0.6 is 0 Å². The number of fused-ring (bicyclic) bond motifs is 2. The van der Waals surface area contributed by atoms with E-state index in [1.54, 1.807) is 24.3 Å². The summed E-state index contributed by atoms with van der Waals surface area (Å²) < 4.78 is 35.1. The number of benzene rings is 2. The van der Waals surface area contributed by atoms with Gasteiger partial charge in [-0.2, -0.15) is 0 Å². The molecule has 4 atom stereocenters. The third kappa shape index (κ3) is 3.81. The van der Waals surface area contributed by atoms with Crippen LogP contribution in [0.2, 0.25) is 0 Å². The Kier molecular flexibility index (Phi) is 5.70. The average Bonchev–Trinajstić information content (AvgIpc) is 2.69. The highest BCUT2D eigenvalue weighted by Crippen LogP contribution is 2.48. The van der Waals surface area contributed by atoms with Gasteiger partial charge >= 0.3 is 0 Å². The van der Waals surface area contributed by atoms with Gasteiger partial charge in [-0.1, -0.05) is 37.6 Å². The monoisotopic (exact) mass is 384 g/mol. The molecule has 0 heterocycles. The van der Waals surface area contributed by atoms with E-state index in [2.05, 4.69) is 6.92 Å². The number of ether oxygens (including phenoxy) is 1. The lowest BCUT2D eigenvalue weighted by Gasteiger charge is -2.41. The van der Waals surface area contributed by atoms with Gasteiger partial charge in [0.15, 0.2) is 11.6 Å². The maximum Gasteiger partial charge on any atom is 0.175 e. The highest BCUT2D eigenvalue weighted by Gasteiger charge is 2.35. The molecule has 2 fully saturated rings. The van der Waals surface area contributed by atoms with Crippen molar-refractivity contribution in [2.24, 2.45) is 17.8 Å². The minimum atomic E-state index is -0.601. The molecule has 0 aromatic heterocycles. The number of hydrogen-bond donors (Lipinski definition) is 0. The van der Waals surface area contributed by atoms with E-state index in [0.717, 1.165) is 36.2 Å². The summed E-state index contributed by atoms with van der Waals surface area (Å²) in [6.45, 7) is 4.52. The number of hydrogen-bond acceptors (Lipinski definition) is 1. The second-order valence-electron chi connectivity index (χ2n) is 8.81. The Hall–Kier alpha value is -1.90. The van der Waals surface area contributed by atoms with E-state index in [1.165, 1.54) is 25.7 Å². The normalized spacial score (nSPS) is 27.9. The van der Waals surface area contributed by atoms with Crippen LogP contribution in [0.5, 0.6) is 5.75 Å². The maximum atomic E-state index is 14.9. The van der Waals surface area contributed by atoms with Crippen molar-refractivity contribution in [2.75, 3.05) is 6.61 Å². The highest BCUT2D eigenvalue weighted by atomic mass is 19.1. The van der Waals surface area contributed by atoms with Crippen LogP contribution in [-0.2, 0) is 0 Å². The Morgan fingerprint density at radius 2 is 1.82 bits per heavy atom. The third-order valence-electron chi connectivity index (χ3n) is 6.91. The lowest BCUT2D eigenvalue weighted by molar-refractivity contribution is 0.124. The van der Waals surface area contributed by atoms with Gasteiger partial charge in [-0.3, -0.25) is 0 Å². The minimum absolute atomic E-state index is 0.0434. The van der Waals surface area contributed by atoms with Crippen molar-refractivity contribution in [1.82, 2.24) is 0 Å². The molecule has 0 bridgehead atoms. The maximum absolute atomic E-state index is 14.9. The standard InChI is InChI=1S/C25H30F2O/c1-3-4-11-28-23-10-9-20-14-21(15-22(26)24(20)25(23)27)19-8-7-17-12-16(2)5-6-18(17)13-19/h3-4,9-10,14-19H,5-8,11-13H2,1-2H3. The molecule has 2 aromatic carbocycles. The molecular weight excluding hydrogens is 354 g/mol. The Bertz CT molecular complexity index is 872. The van der Waals surface area contributed by atoms with Crippen LogP contribution in [-0.4, -0.2) is 6.61 Å². The van der Waals surface area contributed by atoms with E-state index < -0.39 is 11.6 Å². The molecule has 0 radical (unpaired) electrons. The lowest BCUT2D eigenvalue weighted by atomic mass is 9.64. The van der Waals surface area contributed by atoms with E-state index in [0.29, 0.717) is 11.3 Å². The van der Waals surface area contributed by atoms with Gasteiger partial charge in [0, 0.05) is 0 Å². The van der Waals surface area contributed by atoms with Crippen molar-refractivity contribution in [3.63, 3.8) is 0 Å². The first-order valence-electron chi connectivity index (χ1n) is 10.7. The fraction of sp³-hybridized carbons (Fsp3) is 0.520. The Labute approximate surface area is 166 Å². The van der Waals surface area contributed by atoms with Crippen LogP contribution in [0.4, 0.5) is 8.78 Å². The Morgan fingerprint density at radius 1 is 1.04 bits per heavy atom. The second kappa shape index (κ2) is 8.23. The first-order chi connectivity index (χ1) is 13.6. The summed E-state index contributed by atoms with van der Waals surface area (Å²) >= 11 is 0. The van der Waals surface area contributed by atoms with Crippen molar-refractivity contribution in [3.05, 3.63) is 53.6 Å². The summed E-state index contributed by atoms with van der Waals surface area (Å²) in [5.74, 6) is 1.89. The lowest BCUT2D eigenvalue weighted by Crippen LogP contribution is -2.29. The fourth-order valence-electron chi connectivity index (χ4n) is 5.38. The van der Waals surface area contributed by atoms with E-state index in [-0.39, 0.29) is 17.7 Å². The molecule has 2 saturated carbocycles. The molecule has 0 amide bonds. The third-order valence-corrected chi connectivity index (χ3v) is 6.91. The van der Waals surface area contributed by atoms with Crippen LogP contribution in [0.25, 0.3) is 10.8 Å². The van der Waals surface area contributed by atoms with Gasteiger partial charge in [-0.25, -0.2) is 8.78 Å². The van der Waals surface area contributed by atoms with Gasteiger partial charge in [-0.15, -0.1) is 0 Å². The molecular formula is C25H30F2O. The van der Waals surface area contributed by atoms with E-state index >= 15 is 0 Å².